The zero-order chi connectivity index (χ0) is 15.5. The van der Waals surface area contributed by atoms with Crippen LogP contribution in [0.5, 0.6) is 5.75 Å². The van der Waals surface area contributed by atoms with E-state index in [1.54, 1.807) is 18.2 Å². The molecule has 0 saturated heterocycles. The van der Waals surface area contributed by atoms with Crippen molar-refractivity contribution in [2.24, 2.45) is 5.11 Å². The van der Waals surface area contributed by atoms with E-state index in [2.05, 4.69) is 16.1 Å². The summed E-state index contributed by atoms with van der Waals surface area (Å²) in [4.78, 5) is 2.75. The highest BCUT2D eigenvalue weighted by Gasteiger charge is 1.97. The molecule has 5 heteroatoms. The number of azide groups is 1. The highest BCUT2D eigenvalue weighted by Crippen LogP contribution is 2.20. The van der Waals surface area contributed by atoms with Gasteiger partial charge >= 0.3 is 0 Å². The molecule has 0 amide bonds. The van der Waals surface area contributed by atoms with Gasteiger partial charge in [-0.1, -0.05) is 35.0 Å². The second kappa shape index (κ2) is 9.64. The number of benzene rings is 1. The van der Waals surface area contributed by atoms with Crippen molar-refractivity contribution in [1.29, 1.82) is 0 Å². The zero-order valence-electron chi connectivity index (χ0n) is 12.5. The number of rotatable bonds is 8. The van der Waals surface area contributed by atoms with Gasteiger partial charge in [-0.25, -0.2) is 0 Å². The van der Waals surface area contributed by atoms with Crippen molar-refractivity contribution in [2.45, 2.75) is 26.7 Å². The lowest BCUT2D eigenvalue weighted by Crippen LogP contribution is -1.98. The van der Waals surface area contributed by atoms with Gasteiger partial charge in [-0.05, 0) is 49.9 Å². The number of ether oxygens (including phenoxy) is 1. The minimum Gasteiger partial charge on any atom is -0.489 e. The lowest BCUT2D eigenvalue weighted by atomic mass is 10.1. The molecule has 0 aliphatic carbocycles. The van der Waals surface area contributed by atoms with Crippen LogP contribution in [0.15, 0.2) is 52.7 Å². The summed E-state index contributed by atoms with van der Waals surface area (Å²) < 4.78 is 5.65. The number of hydrogen-bond donors (Lipinski definition) is 1. The van der Waals surface area contributed by atoms with Gasteiger partial charge < -0.3 is 9.84 Å². The third kappa shape index (κ3) is 7.20. The molecule has 1 aromatic rings. The van der Waals surface area contributed by atoms with E-state index >= 15 is 0 Å². The molecule has 0 saturated carbocycles. The first-order chi connectivity index (χ1) is 10.2. The summed E-state index contributed by atoms with van der Waals surface area (Å²) in [5.74, 6) is 0.684. The zero-order valence-corrected chi connectivity index (χ0v) is 12.5. The van der Waals surface area contributed by atoms with Crippen LogP contribution in [0.1, 0.15) is 26.7 Å². The van der Waals surface area contributed by atoms with Gasteiger partial charge in [0.25, 0.3) is 0 Å². The Hall–Kier alpha value is -2.23. The van der Waals surface area contributed by atoms with Gasteiger partial charge in [-0.3, -0.25) is 0 Å². The normalized spacial score (nSPS) is 12.0. The predicted molar refractivity (Wildman–Crippen MR) is 84.6 cm³/mol. The Labute approximate surface area is 125 Å². The largest absolute Gasteiger partial charge is 0.489 e. The second-order valence-corrected chi connectivity index (χ2v) is 4.80. The molecule has 0 spiro atoms. The quantitative estimate of drug-likeness (QED) is 0.326. The van der Waals surface area contributed by atoms with E-state index in [1.807, 2.05) is 26.0 Å². The van der Waals surface area contributed by atoms with Crippen molar-refractivity contribution in [3.05, 3.63) is 58.0 Å². The van der Waals surface area contributed by atoms with Crippen LogP contribution in [0.25, 0.3) is 10.4 Å². The van der Waals surface area contributed by atoms with Crippen LogP contribution >= 0.6 is 0 Å². The molecule has 0 aliphatic heterocycles. The average Bonchev–Trinajstić information content (AvgIpc) is 2.46. The van der Waals surface area contributed by atoms with Gasteiger partial charge in [-0.15, -0.1) is 0 Å². The third-order valence-corrected chi connectivity index (χ3v) is 2.92. The molecule has 0 radical (unpaired) electrons. The summed E-state index contributed by atoms with van der Waals surface area (Å²) >= 11 is 0. The van der Waals surface area contributed by atoms with Crippen LogP contribution in [-0.2, 0) is 0 Å². The SMILES string of the molecule is CC(=CCO)CCC=C(C)COc1cccc(N=[N+]=[N-])c1. The van der Waals surface area contributed by atoms with E-state index in [9.17, 15) is 0 Å². The Bertz CT molecular complexity index is 558. The van der Waals surface area contributed by atoms with Crippen LogP contribution in [-0.4, -0.2) is 18.3 Å². The van der Waals surface area contributed by atoms with Crippen LogP contribution in [0.4, 0.5) is 5.69 Å². The standard InChI is InChI=1S/C16H21N3O2/c1-13(9-10-20)5-3-6-14(2)12-21-16-8-4-7-15(11-16)18-19-17/h4,6-9,11,20H,3,5,10,12H2,1-2H3. The Balaban J connectivity index is 2.45. The van der Waals surface area contributed by atoms with Crippen molar-refractivity contribution in [2.75, 3.05) is 13.2 Å². The molecular weight excluding hydrogens is 266 g/mol. The van der Waals surface area contributed by atoms with Crippen LogP contribution in [0.3, 0.4) is 0 Å². The molecule has 0 heterocycles. The lowest BCUT2D eigenvalue weighted by molar-refractivity contribution is 0.341. The molecule has 0 aliphatic rings. The van der Waals surface area contributed by atoms with E-state index in [0.717, 1.165) is 18.4 Å². The molecule has 1 N–H and O–H groups in total. The van der Waals surface area contributed by atoms with E-state index < -0.39 is 0 Å². The molecule has 1 rings (SSSR count). The van der Waals surface area contributed by atoms with Gasteiger partial charge in [-0.2, -0.15) is 0 Å². The minimum atomic E-state index is 0.0964. The van der Waals surface area contributed by atoms with Crippen LogP contribution in [0, 0.1) is 0 Å². The summed E-state index contributed by atoms with van der Waals surface area (Å²) in [5.41, 5.74) is 11.3. The Kier molecular flexibility index (Phi) is 7.72. The highest BCUT2D eigenvalue weighted by molar-refractivity contribution is 5.43. The minimum absolute atomic E-state index is 0.0964. The van der Waals surface area contributed by atoms with Gasteiger partial charge in [0.2, 0.25) is 0 Å². The first kappa shape index (κ1) is 16.8. The van der Waals surface area contributed by atoms with Crippen molar-refractivity contribution < 1.29 is 9.84 Å². The molecule has 0 aromatic heterocycles. The molecule has 5 nitrogen and oxygen atoms in total. The Morgan fingerprint density at radius 1 is 1.33 bits per heavy atom. The number of nitrogens with zero attached hydrogens (tertiary/aromatic N) is 3. The fourth-order valence-electron chi connectivity index (χ4n) is 1.75. The van der Waals surface area contributed by atoms with Crippen LogP contribution in [0.2, 0.25) is 0 Å². The molecule has 0 unspecified atom stereocenters. The lowest BCUT2D eigenvalue weighted by Gasteiger charge is -2.07. The molecule has 1 aromatic carbocycles. The maximum atomic E-state index is 8.77. The molecule has 0 atom stereocenters. The molecule has 21 heavy (non-hydrogen) atoms. The Morgan fingerprint density at radius 3 is 2.86 bits per heavy atom. The third-order valence-electron chi connectivity index (χ3n) is 2.92. The molecule has 0 fully saturated rings. The first-order valence-electron chi connectivity index (χ1n) is 6.85. The summed E-state index contributed by atoms with van der Waals surface area (Å²) in [6, 6.07) is 7.06. The fourth-order valence-corrected chi connectivity index (χ4v) is 1.75. The van der Waals surface area contributed by atoms with Crippen molar-refractivity contribution in [3.63, 3.8) is 0 Å². The van der Waals surface area contributed by atoms with Gasteiger partial charge in [0.1, 0.15) is 12.4 Å². The monoisotopic (exact) mass is 287 g/mol. The second-order valence-electron chi connectivity index (χ2n) is 4.80. The topological polar surface area (TPSA) is 78.2 Å². The smallest absolute Gasteiger partial charge is 0.120 e. The van der Waals surface area contributed by atoms with E-state index in [1.165, 1.54) is 5.57 Å². The maximum absolute atomic E-state index is 8.77. The van der Waals surface area contributed by atoms with Gasteiger partial charge in [0.05, 0.1) is 6.61 Å². The number of aliphatic hydroxyl groups excluding tert-OH is 1. The van der Waals surface area contributed by atoms with E-state index in [-0.39, 0.29) is 6.61 Å². The maximum Gasteiger partial charge on any atom is 0.120 e. The van der Waals surface area contributed by atoms with Crippen LogP contribution < -0.4 is 4.74 Å². The van der Waals surface area contributed by atoms with Crippen molar-refractivity contribution >= 4 is 5.69 Å². The number of aliphatic hydroxyl groups is 1. The molecular formula is C16H21N3O2. The number of hydrogen-bond acceptors (Lipinski definition) is 3. The summed E-state index contributed by atoms with van der Waals surface area (Å²) in [5, 5.41) is 12.3. The fraction of sp³-hybridized carbons (Fsp3) is 0.375. The number of allylic oxidation sites excluding steroid dienone is 2. The van der Waals surface area contributed by atoms with Crippen molar-refractivity contribution in [3.8, 4) is 5.75 Å². The summed E-state index contributed by atoms with van der Waals surface area (Å²) in [6.45, 7) is 4.63. The molecule has 0 bridgehead atoms. The first-order valence-corrected chi connectivity index (χ1v) is 6.85. The predicted octanol–water partition coefficient (Wildman–Crippen LogP) is 4.67. The average molecular weight is 287 g/mol. The van der Waals surface area contributed by atoms with Gasteiger partial charge in [0.15, 0.2) is 0 Å². The Morgan fingerprint density at radius 2 is 2.14 bits per heavy atom. The summed E-state index contributed by atoms with van der Waals surface area (Å²) in [7, 11) is 0. The van der Waals surface area contributed by atoms with Gasteiger partial charge in [0, 0.05) is 10.6 Å². The van der Waals surface area contributed by atoms with E-state index in [4.69, 9.17) is 15.4 Å². The van der Waals surface area contributed by atoms with E-state index in [0.29, 0.717) is 18.0 Å². The highest BCUT2D eigenvalue weighted by atomic mass is 16.5. The molecule has 112 valence electrons. The summed E-state index contributed by atoms with van der Waals surface area (Å²) in [6.07, 6.45) is 5.81. The van der Waals surface area contributed by atoms with Crippen molar-refractivity contribution in [1.82, 2.24) is 0 Å².